The molecule has 0 bridgehead atoms. The first kappa shape index (κ1) is 13.4. The smallest absolute Gasteiger partial charge is 0.252 e. The van der Waals surface area contributed by atoms with E-state index in [1.165, 1.54) is 6.07 Å². The van der Waals surface area contributed by atoms with E-state index >= 15 is 0 Å². The summed E-state index contributed by atoms with van der Waals surface area (Å²) in [5.41, 5.74) is 0.556. The van der Waals surface area contributed by atoms with Gasteiger partial charge >= 0.3 is 0 Å². The van der Waals surface area contributed by atoms with Crippen molar-refractivity contribution in [3.05, 3.63) is 47.8 Å². The summed E-state index contributed by atoms with van der Waals surface area (Å²) in [6.07, 6.45) is 2.02. The molecule has 1 saturated heterocycles. The highest BCUT2D eigenvalue weighted by Crippen LogP contribution is 2.23. The first-order chi connectivity index (χ1) is 9.75. The van der Waals surface area contributed by atoms with E-state index in [4.69, 9.17) is 0 Å². The average molecular weight is 289 g/mol. The van der Waals surface area contributed by atoms with Crippen LogP contribution in [0.5, 0.6) is 0 Å². The van der Waals surface area contributed by atoms with Gasteiger partial charge in [0.05, 0.1) is 0 Å². The van der Waals surface area contributed by atoms with Gasteiger partial charge in [-0.2, -0.15) is 11.8 Å². The number of hydrogen-bond donors (Lipinski definition) is 1. The molecule has 0 radical (unpaired) electrons. The highest BCUT2D eigenvalue weighted by Gasteiger charge is 2.18. The molecule has 0 saturated carbocycles. The van der Waals surface area contributed by atoms with Gasteiger partial charge in [-0.3, -0.25) is 4.79 Å². The lowest BCUT2D eigenvalue weighted by Crippen LogP contribution is -2.37. The number of benzene rings is 2. The fourth-order valence-corrected chi connectivity index (χ4v) is 3.67. The molecule has 20 heavy (non-hydrogen) atoms. The Hall–Kier alpha value is -1.55. The van der Waals surface area contributed by atoms with Gasteiger partial charge in [-0.25, -0.2) is 4.39 Å². The van der Waals surface area contributed by atoms with Crippen LogP contribution in [-0.4, -0.2) is 23.5 Å². The molecule has 1 fully saturated rings. The van der Waals surface area contributed by atoms with E-state index in [-0.39, 0.29) is 17.8 Å². The minimum Gasteiger partial charge on any atom is -0.349 e. The number of thioether (sulfide) groups is 1. The second kappa shape index (κ2) is 5.83. The summed E-state index contributed by atoms with van der Waals surface area (Å²) in [7, 11) is 0. The van der Waals surface area contributed by atoms with Crippen molar-refractivity contribution < 1.29 is 9.18 Å². The van der Waals surface area contributed by atoms with Crippen molar-refractivity contribution in [2.75, 3.05) is 11.5 Å². The van der Waals surface area contributed by atoms with E-state index in [1.807, 2.05) is 17.8 Å². The highest BCUT2D eigenvalue weighted by atomic mass is 32.2. The molecule has 1 aliphatic heterocycles. The Kier molecular flexibility index (Phi) is 3.92. The maximum Gasteiger partial charge on any atom is 0.252 e. The predicted octanol–water partition coefficient (Wildman–Crippen LogP) is 3.60. The molecular weight excluding hydrogens is 273 g/mol. The number of nitrogens with one attached hydrogen (secondary N) is 1. The fourth-order valence-electron chi connectivity index (χ4n) is 2.57. The van der Waals surface area contributed by atoms with Gasteiger partial charge in [0, 0.05) is 17.0 Å². The molecule has 4 heteroatoms. The van der Waals surface area contributed by atoms with Crippen LogP contribution in [-0.2, 0) is 0 Å². The van der Waals surface area contributed by atoms with Crippen LogP contribution in [0, 0.1) is 5.82 Å². The number of carbonyl (C=O) groups is 1. The van der Waals surface area contributed by atoms with Crippen LogP contribution < -0.4 is 5.32 Å². The van der Waals surface area contributed by atoms with Gasteiger partial charge in [0.2, 0.25) is 0 Å². The standard InChI is InChI=1S/C16H16FNOS/c17-15-6-5-14(12-3-1-2-4-13(12)15)16(19)18-11-7-9-20-10-8-11/h1-6,11H,7-10H2,(H,18,19). The van der Waals surface area contributed by atoms with Crippen LogP contribution in [0.3, 0.4) is 0 Å². The summed E-state index contributed by atoms with van der Waals surface area (Å²) in [5.74, 6) is 1.80. The second-order valence-corrected chi connectivity index (χ2v) is 6.23. The van der Waals surface area contributed by atoms with Crippen LogP contribution in [0.25, 0.3) is 10.8 Å². The second-order valence-electron chi connectivity index (χ2n) is 5.00. The number of halogens is 1. The molecule has 0 spiro atoms. The van der Waals surface area contributed by atoms with Crippen LogP contribution >= 0.6 is 11.8 Å². The van der Waals surface area contributed by atoms with Crippen molar-refractivity contribution in [2.45, 2.75) is 18.9 Å². The largest absolute Gasteiger partial charge is 0.349 e. The third-order valence-electron chi connectivity index (χ3n) is 3.67. The lowest BCUT2D eigenvalue weighted by atomic mass is 10.0. The molecule has 1 amide bonds. The topological polar surface area (TPSA) is 29.1 Å². The zero-order chi connectivity index (χ0) is 13.9. The number of fused-ring (bicyclic) bond motifs is 1. The molecule has 0 atom stereocenters. The van der Waals surface area contributed by atoms with Crippen molar-refractivity contribution >= 4 is 28.4 Å². The highest BCUT2D eigenvalue weighted by molar-refractivity contribution is 7.99. The van der Waals surface area contributed by atoms with Crippen molar-refractivity contribution in [1.82, 2.24) is 5.32 Å². The van der Waals surface area contributed by atoms with Gasteiger partial charge in [-0.05, 0) is 41.9 Å². The monoisotopic (exact) mass is 289 g/mol. The Balaban J connectivity index is 1.89. The number of rotatable bonds is 2. The van der Waals surface area contributed by atoms with Crippen molar-refractivity contribution in [2.24, 2.45) is 0 Å². The quantitative estimate of drug-likeness (QED) is 0.915. The number of carbonyl (C=O) groups excluding carboxylic acids is 1. The molecule has 1 N–H and O–H groups in total. The van der Waals surface area contributed by atoms with Crippen LogP contribution in [0.2, 0.25) is 0 Å². The van der Waals surface area contributed by atoms with Gasteiger partial charge in [-0.15, -0.1) is 0 Å². The molecule has 3 rings (SSSR count). The van der Waals surface area contributed by atoms with E-state index < -0.39 is 0 Å². The van der Waals surface area contributed by atoms with Crippen LogP contribution in [0.1, 0.15) is 23.2 Å². The first-order valence-electron chi connectivity index (χ1n) is 6.81. The summed E-state index contributed by atoms with van der Waals surface area (Å²) in [5, 5.41) is 4.25. The summed E-state index contributed by atoms with van der Waals surface area (Å²) in [6, 6.07) is 10.3. The molecule has 1 heterocycles. The third-order valence-corrected chi connectivity index (χ3v) is 4.72. The summed E-state index contributed by atoms with van der Waals surface area (Å²) < 4.78 is 13.8. The molecular formula is C16H16FNOS. The summed E-state index contributed by atoms with van der Waals surface area (Å²) in [4.78, 5) is 12.4. The van der Waals surface area contributed by atoms with Crippen molar-refractivity contribution in [3.63, 3.8) is 0 Å². The minimum atomic E-state index is -0.286. The molecule has 104 valence electrons. The Labute approximate surface area is 121 Å². The molecule has 2 aromatic rings. The van der Waals surface area contributed by atoms with Gasteiger partial charge < -0.3 is 5.32 Å². The van der Waals surface area contributed by atoms with Crippen molar-refractivity contribution in [3.8, 4) is 0 Å². The lowest BCUT2D eigenvalue weighted by Gasteiger charge is -2.22. The van der Waals surface area contributed by atoms with E-state index in [0.29, 0.717) is 16.3 Å². The molecule has 1 aliphatic rings. The first-order valence-corrected chi connectivity index (χ1v) is 7.97. The van der Waals surface area contributed by atoms with Crippen LogP contribution in [0.15, 0.2) is 36.4 Å². The summed E-state index contributed by atoms with van der Waals surface area (Å²) in [6.45, 7) is 0. The Morgan fingerprint density at radius 3 is 2.55 bits per heavy atom. The number of hydrogen-bond acceptors (Lipinski definition) is 2. The Morgan fingerprint density at radius 1 is 1.10 bits per heavy atom. The van der Waals surface area contributed by atoms with E-state index in [1.54, 1.807) is 24.3 Å². The third kappa shape index (κ3) is 2.66. The van der Waals surface area contributed by atoms with E-state index in [0.717, 1.165) is 24.3 Å². The molecule has 0 aliphatic carbocycles. The van der Waals surface area contributed by atoms with E-state index in [9.17, 15) is 9.18 Å². The Morgan fingerprint density at radius 2 is 1.80 bits per heavy atom. The SMILES string of the molecule is O=C(NC1CCSCC1)c1ccc(F)c2ccccc12. The van der Waals surface area contributed by atoms with Gasteiger partial charge in [-0.1, -0.05) is 24.3 Å². The van der Waals surface area contributed by atoms with Gasteiger partial charge in [0.15, 0.2) is 0 Å². The maximum atomic E-state index is 13.8. The van der Waals surface area contributed by atoms with Gasteiger partial charge in [0.1, 0.15) is 5.82 Å². The minimum absolute atomic E-state index is 0.0990. The lowest BCUT2D eigenvalue weighted by molar-refractivity contribution is 0.0936. The number of amides is 1. The molecule has 2 nitrogen and oxygen atoms in total. The Bertz CT molecular complexity index is 637. The van der Waals surface area contributed by atoms with Crippen molar-refractivity contribution in [1.29, 1.82) is 0 Å². The fraction of sp³-hybridized carbons (Fsp3) is 0.312. The predicted molar refractivity (Wildman–Crippen MR) is 81.7 cm³/mol. The molecule has 2 aromatic carbocycles. The zero-order valence-corrected chi connectivity index (χ0v) is 11.9. The zero-order valence-electron chi connectivity index (χ0n) is 11.1. The molecule has 0 unspecified atom stereocenters. The maximum absolute atomic E-state index is 13.8. The molecule has 0 aromatic heterocycles. The van der Waals surface area contributed by atoms with E-state index in [2.05, 4.69) is 5.32 Å². The average Bonchev–Trinajstić information content (AvgIpc) is 2.49. The summed E-state index contributed by atoms with van der Waals surface area (Å²) >= 11 is 1.93. The van der Waals surface area contributed by atoms with Crippen LogP contribution in [0.4, 0.5) is 4.39 Å². The van der Waals surface area contributed by atoms with Gasteiger partial charge in [0.25, 0.3) is 5.91 Å². The normalized spacial score (nSPS) is 16.2.